The molecule has 3 rings (SSSR count). The smallest absolute Gasteiger partial charge is 0.319 e. The number of benzene rings is 2. The Kier molecular flexibility index (Phi) is 5.13. The minimum Gasteiger partial charge on any atom is -0.334 e. The van der Waals surface area contributed by atoms with Crippen molar-refractivity contribution in [1.82, 2.24) is 10.3 Å². The molecule has 0 spiro atoms. The first kappa shape index (κ1) is 16.5. The fourth-order valence-corrected chi connectivity index (χ4v) is 2.93. The summed E-state index contributed by atoms with van der Waals surface area (Å²) in [5.41, 5.74) is 3.79. The number of amides is 2. The molecule has 2 N–H and O–H groups in total. The van der Waals surface area contributed by atoms with Crippen LogP contribution in [0.2, 0.25) is 5.02 Å². The summed E-state index contributed by atoms with van der Waals surface area (Å²) in [5.74, 6) is 0. The number of urea groups is 1. The van der Waals surface area contributed by atoms with Gasteiger partial charge in [0.1, 0.15) is 0 Å². The van der Waals surface area contributed by atoms with Crippen molar-refractivity contribution in [2.24, 2.45) is 0 Å². The number of rotatable bonds is 4. The summed E-state index contributed by atoms with van der Waals surface area (Å²) in [5, 5.41) is 9.32. The van der Waals surface area contributed by atoms with E-state index in [4.69, 9.17) is 11.6 Å². The van der Waals surface area contributed by atoms with Gasteiger partial charge in [0.25, 0.3) is 0 Å². The van der Waals surface area contributed by atoms with Crippen LogP contribution in [0.1, 0.15) is 10.6 Å². The van der Waals surface area contributed by atoms with Crippen LogP contribution in [0, 0.1) is 6.92 Å². The van der Waals surface area contributed by atoms with E-state index < -0.39 is 0 Å². The summed E-state index contributed by atoms with van der Waals surface area (Å²) < 4.78 is 0. The summed E-state index contributed by atoms with van der Waals surface area (Å²) >= 11 is 7.45. The largest absolute Gasteiger partial charge is 0.334 e. The van der Waals surface area contributed by atoms with E-state index in [0.29, 0.717) is 17.3 Å². The van der Waals surface area contributed by atoms with Gasteiger partial charge in [0.05, 0.1) is 10.7 Å². The summed E-state index contributed by atoms with van der Waals surface area (Å²) in [6, 6.07) is 14.7. The molecule has 1 heterocycles. The number of nitrogens with one attached hydrogen (secondary N) is 2. The topological polar surface area (TPSA) is 54.0 Å². The lowest BCUT2D eigenvalue weighted by Crippen LogP contribution is -2.28. The number of carbonyl (C=O) groups is 1. The lowest BCUT2D eigenvalue weighted by molar-refractivity contribution is 0.251. The van der Waals surface area contributed by atoms with Crippen LogP contribution in [0.15, 0.2) is 53.9 Å². The van der Waals surface area contributed by atoms with Crippen LogP contribution in [0.4, 0.5) is 10.5 Å². The van der Waals surface area contributed by atoms with Gasteiger partial charge in [-0.05, 0) is 36.8 Å². The fraction of sp³-hybridized carbons (Fsp3) is 0.111. The van der Waals surface area contributed by atoms with E-state index in [9.17, 15) is 4.79 Å². The van der Waals surface area contributed by atoms with Gasteiger partial charge in [-0.25, -0.2) is 9.78 Å². The zero-order chi connectivity index (χ0) is 16.9. The third kappa shape index (κ3) is 4.34. The molecule has 0 aliphatic rings. The van der Waals surface area contributed by atoms with Crippen molar-refractivity contribution in [3.8, 4) is 11.3 Å². The molecule has 0 aliphatic carbocycles. The Hall–Kier alpha value is -2.37. The van der Waals surface area contributed by atoms with Crippen LogP contribution < -0.4 is 10.6 Å². The standard InChI is InChI=1S/C18H16ClN3OS/c1-12-21-17(11-24-12)14-4-2-13(3-5-14)10-20-18(23)22-16-8-6-15(19)7-9-16/h2-9,11H,10H2,1H3,(H2,20,22,23). The number of thiazole rings is 1. The maximum atomic E-state index is 11.9. The first-order valence-electron chi connectivity index (χ1n) is 7.42. The van der Waals surface area contributed by atoms with Crippen molar-refractivity contribution < 1.29 is 4.79 Å². The molecule has 2 aromatic carbocycles. The summed E-state index contributed by atoms with van der Waals surface area (Å²) in [6.07, 6.45) is 0. The van der Waals surface area contributed by atoms with Gasteiger partial charge >= 0.3 is 6.03 Å². The van der Waals surface area contributed by atoms with Crippen LogP contribution in [0.25, 0.3) is 11.3 Å². The Morgan fingerprint density at radius 3 is 2.46 bits per heavy atom. The minimum atomic E-state index is -0.253. The van der Waals surface area contributed by atoms with Crippen LogP contribution in [0.5, 0.6) is 0 Å². The van der Waals surface area contributed by atoms with E-state index in [1.54, 1.807) is 35.6 Å². The first-order chi connectivity index (χ1) is 11.6. The normalized spacial score (nSPS) is 10.4. The van der Waals surface area contributed by atoms with E-state index in [0.717, 1.165) is 21.8 Å². The van der Waals surface area contributed by atoms with E-state index in [-0.39, 0.29) is 6.03 Å². The predicted molar refractivity (Wildman–Crippen MR) is 99.6 cm³/mol. The van der Waals surface area contributed by atoms with Gasteiger partial charge in [0, 0.05) is 28.2 Å². The molecule has 1 aromatic heterocycles. The number of hydrogen-bond donors (Lipinski definition) is 2. The number of hydrogen-bond acceptors (Lipinski definition) is 3. The molecule has 0 aliphatic heterocycles. The maximum absolute atomic E-state index is 11.9. The van der Waals surface area contributed by atoms with Gasteiger partial charge < -0.3 is 10.6 Å². The van der Waals surface area contributed by atoms with Crippen molar-refractivity contribution in [3.05, 3.63) is 69.5 Å². The van der Waals surface area contributed by atoms with Gasteiger partial charge in [-0.3, -0.25) is 0 Å². The third-order valence-electron chi connectivity index (χ3n) is 3.42. The van der Waals surface area contributed by atoms with E-state index in [2.05, 4.69) is 15.6 Å². The number of anilines is 1. The number of halogens is 1. The van der Waals surface area contributed by atoms with Gasteiger partial charge in [0.2, 0.25) is 0 Å². The molecule has 0 unspecified atom stereocenters. The zero-order valence-electron chi connectivity index (χ0n) is 13.0. The molecular weight excluding hydrogens is 342 g/mol. The molecular formula is C18H16ClN3OS. The van der Waals surface area contributed by atoms with Crippen LogP contribution in [-0.2, 0) is 6.54 Å². The molecule has 4 nitrogen and oxygen atoms in total. The molecule has 6 heteroatoms. The highest BCUT2D eigenvalue weighted by molar-refractivity contribution is 7.09. The summed E-state index contributed by atoms with van der Waals surface area (Å²) in [7, 11) is 0. The number of nitrogens with zero attached hydrogens (tertiary/aromatic N) is 1. The second-order valence-electron chi connectivity index (χ2n) is 5.26. The highest BCUT2D eigenvalue weighted by Gasteiger charge is 2.04. The Labute approximate surface area is 149 Å². The Morgan fingerprint density at radius 2 is 1.83 bits per heavy atom. The highest BCUT2D eigenvalue weighted by atomic mass is 35.5. The molecule has 0 radical (unpaired) electrons. The monoisotopic (exact) mass is 357 g/mol. The van der Waals surface area contributed by atoms with Crippen LogP contribution in [-0.4, -0.2) is 11.0 Å². The van der Waals surface area contributed by atoms with Gasteiger partial charge in [0.15, 0.2) is 0 Å². The molecule has 0 saturated heterocycles. The summed E-state index contributed by atoms with van der Waals surface area (Å²) in [4.78, 5) is 16.4. The Bertz CT molecular complexity index is 828. The zero-order valence-corrected chi connectivity index (χ0v) is 14.6. The molecule has 0 atom stereocenters. The van der Waals surface area contributed by atoms with Gasteiger partial charge in [-0.15, -0.1) is 11.3 Å². The number of aryl methyl sites for hydroxylation is 1. The van der Waals surface area contributed by atoms with E-state index >= 15 is 0 Å². The third-order valence-corrected chi connectivity index (χ3v) is 4.45. The second kappa shape index (κ2) is 7.47. The second-order valence-corrected chi connectivity index (χ2v) is 6.76. The summed E-state index contributed by atoms with van der Waals surface area (Å²) in [6.45, 7) is 2.45. The number of aromatic nitrogens is 1. The SMILES string of the molecule is Cc1nc(-c2ccc(CNC(=O)Nc3ccc(Cl)cc3)cc2)cs1. The maximum Gasteiger partial charge on any atom is 0.319 e. The Morgan fingerprint density at radius 1 is 1.12 bits per heavy atom. The lowest BCUT2D eigenvalue weighted by Gasteiger charge is -2.08. The molecule has 0 saturated carbocycles. The average molecular weight is 358 g/mol. The molecule has 24 heavy (non-hydrogen) atoms. The van der Waals surface area contributed by atoms with E-state index in [1.807, 2.05) is 36.6 Å². The van der Waals surface area contributed by atoms with Crippen molar-refractivity contribution in [1.29, 1.82) is 0 Å². The fourth-order valence-electron chi connectivity index (χ4n) is 2.18. The van der Waals surface area contributed by atoms with E-state index in [1.165, 1.54) is 0 Å². The van der Waals surface area contributed by atoms with Crippen molar-refractivity contribution in [2.45, 2.75) is 13.5 Å². The Balaban J connectivity index is 1.54. The van der Waals surface area contributed by atoms with Crippen molar-refractivity contribution >= 4 is 34.7 Å². The molecule has 3 aromatic rings. The van der Waals surface area contributed by atoms with Crippen LogP contribution in [0.3, 0.4) is 0 Å². The van der Waals surface area contributed by atoms with Crippen molar-refractivity contribution in [3.63, 3.8) is 0 Å². The molecule has 2 amide bonds. The molecule has 0 fully saturated rings. The first-order valence-corrected chi connectivity index (χ1v) is 8.68. The molecule has 122 valence electrons. The van der Waals surface area contributed by atoms with Crippen molar-refractivity contribution in [2.75, 3.05) is 5.32 Å². The average Bonchev–Trinajstić information content (AvgIpc) is 3.02. The van der Waals surface area contributed by atoms with Gasteiger partial charge in [-0.1, -0.05) is 35.9 Å². The quantitative estimate of drug-likeness (QED) is 0.683. The van der Waals surface area contributed by atoms with Gasteiger partial charge in [-0.2, -0.15) is 0 Å². The minimum absolute atomic E-state index is 0.253. The van der Waals surface area contributed by atoms with Crippen LogP contribution >= 0.6 is 22.9 Å². The number of carbonyl (C=O) groups excluding carboxylic acids is 1. The molecule has 0 bridgehead atoms. The lowest BCUT2D eigenvalue weighted by atomic mass is 10.1. The highest BCUT2D eigenvalue weighted by Crippen LogP contribution is 2.21. The predicted octanol–water partition coefficient (Wildman–Crippen LogP) is 5.09.